The van der Waals surface area contributed by atoms with Gasteiger partial charge in [-0.1, -0.05) is 0 Å². The smallest absolute Gasteiger partial charge is 0.289 e. The van der Waals surface area contributed by atoms with Gasteiger partial charge in [0, 0.05) is 16.7 Å². The van der Waals surface area contributed by atoms with Gasteiger partial charge in [0.15, 0.2) is 5.65 Å². The summed E-state index contributed by atoms with van der Waals surface area (Å²) in [7, 11) is 0. The third-order valence-corrected chi connectivity index (χ3v) is 4.07. The highest BCUT2D eigenvalue weighted by molar-refractivity contribution is 9.10. The van der Waals surface area contributed by atoms with Crippen LogP contribution >= 0.6 is 15.9 Å². The fraction of sp³-hybridized carbons (Fsp3) is 0.462. The van der Waals surface area contributed by atoms with E-state index in [0.29, 0.717) is 5.65 Å². The molecule has 2 N–H and O–H groups in total. The normalized spacial score (nSPS) is 22.9. The van der Waals surface area contributed by atoms with Crippen molar-refractivity contribution >= 4 is 27.5 Å². The molecule has 6 nitrogen and oxygen atoms in total. The van der Waals surface area contributed by atoms with Crippen LogP contribution in [0.15, 0.2) is 22.8 Å². The number of amides is 1. The van der Waals surface area contributed by atoms with E-state index in [-0.39, 0.29) is 23.9 Å². The Morgan fingerprint density at radius 2 is 2.05 bits per heavy atom. The summed E-state index contributed by atoms with van der Waals surface area (Å²) in [4.78, 5) is 12.3. The Labute approximate surface area is 124 Å². The number of aromatic nitrogens is 3. The molecule has 0 saturated heterocycles. The predicted molar refractivity (Wildman–Crippen MR) is 76.4 cm³/mol. The zero-order chi connectivity index (χ0) is 14.1. The maximum absolute atomic E-state index is 12.3. The molecule has 0 bridgehead atoms. The summed E-state index contributed by atoms with van der Waals surface area (Å²) in [6.45, 7) is 0. The molecule has 0 atom stereocenters. The summed E-state index contributed by atoms with van der Waals surface area (Å²) in [6.07, 6.45) is 4.61. The van der Waals surface area contributed by atoms with Crippen molar-refractivity contribution in [3.8, 4) is 0 Å². The van der Waals surface area contributed by atoms with Gasteiger partial charge in [-0.25, -0.2) is 0 Å². The number of nitrogens with one attached hydrogen (secondary N) is 1. The molecule has 0 radical (unpaired) electrons. The van der Waals surface area contributed by atoms with E-state index in [4.69, 9.17) is 0 Å². The minimum absolute atomic E-state index is 0.102. The van der Waals surface area contributed by atoms with Crippen LogP contribution in [0, 0.1) is 0 Å². The summed E-state index contributed by atoms with van der Waals surface area (Å²) in [6, 6.07) is 3.75. The van der Waals surface area contributed by atoms with Crippen LogP contribution in [0.2, 0.25) is 0 Å². The minimum Gasteiger partial charge on any atom is -0.393 e. The molecule has 2 heterocycles. The van der Waals surface area contributed by atoms with E-state index in [0.717, 1.165) is 30.2 Å². The summed E-state index contributed by atoms with van der Waals surface area (Å²) >= 11 is 3.37. The molecule has 2 aromatic heterocycles. The molecule has 20 heavy (non-hydrogen) atoms. The van der Waals surface area contributed by atoms with Gasteiger partial charge in [0.2, 0.25) is 5.82 Å². The van der Waals surface area contributed by atoms with Gasteiger partial charge in [-0.3, -0.25) is 9.20 Å². The van der Waals surface area contributed by atoms with Crippen molar-refractivity contribution in [2.45, 2.75) is 37.8 Å². The maximum Gasteiger partial charge on any atom is 0.289 e. The average Bonchev–Trinajstić information content (AvgIpc) is 2.84. The average molecular weight is 339 g/mol. The molecule has 7 heteroatoms. The number of halogens is 1. The molecular weight excluding hydrogens is 324 g/mol. The van der Waals surface area contributed by atoms with Crippen molar-refractivity contribution in [3.05, 3.63) is 28.6 Å². The molecule has 2 aromatic rings. The molecule has 1 aliphatic rings. The number of fused-ring (bicyclic) bond motifs is 1. The fourth-order valence-corrected chi connectivity index (χ4v) is 2.83. The first kappa shape index (κ1) is 13.5. The van der Waals surface area contributed by atoms with Crippen LogP contribution in [-0.4, -0.2) is 37.8 Å². The van der Waals surface area contributed by atoms with E-state index >= 15 is 0 Å². The molecule has 0 aliphatic heterocycles. The first-order valence-corrected chi connectivity index (χ1v) is 7.42. The first-order valence-electron chi connectivity index (χ1n) is 6.62. The topological polar surface area (TPSA) is 79.5 Å². The highest BCUT2D eigenvalue weighted by Gasteiger charge is 2.23. The second kappa shape index (κ2) is 5.49. The van der Waals surface area contributed by atoms with Crippen molar-refractivity contribution in [1.82, 2.24) is 19.9 Å². The van der Waals surface area contributed by atoms with Crippen LogP contribution in [-0.2, 0) is 0 Å². The Morgan fingerprint density at radius 3 is 2.80 bits per heavy atom. The number of aliphatic hydroxyl groups excluding tert-OH is 1. The van der Waals surface area contributed by atoms with Gasteiger partial charge >= 0.3 is 0 Å². The van der Waals surface area contributed by atoms with E-state index in [9.17, 15) is 9.90 Å². The molecule has 0 unspecified atom stereocenters. The lowest BCUT2D eigenvalue weighted by Crippen LogP contribution is -2.39. The van der Waals surface area contributed by atoms with Crippen molar-refractivity contribution in [1.29, 1.82) is 0 Å². The van der Waals surface area contributed by atoms with Crippen molar-refractivity contribution in [2.75, 3.05) is 0 Å². The number of carbonyl (C=O) groups is 1. The fourth-order valence-electron chi connectivity index (χ4n) is 2.49. The summed E-state index contributed by atoms with van der Waals surface area (Å²) in [5.41, 5.74) is 0.636. The van der Waals surface area contributed by atoms with Gasteiger partial charge in [-0.2, -0.15) is 0 Å². The number of hydrogen-bond acceptors (Lipinski definition) is 4. The molecule has 0 spiro atoms. The van der Waals surface area contributed by atoms with Gasteiger partial charge in [0.1, 0.15) is 0 Å². The van der Waals surface area contributed by atoms with Crippen LogP contribution < -0.4 is 5.32 Å². The third kappa shape index (κ3) is 2.69. The van der Waals surface area contributed by atoms with Crippen molar-refractivity contribution < 1.29 is 9.90 Å². The van der Waals surface area contributed by atoms with E-state index in [1.807, 2.05) is 6.07 Å². The molecule has 106 valence electrons. The Balaban J connectivity index is 1.77. The SMILES string of the molecule is O=C(NC1CCC(O)CC1)c1nnc2ccc(Br)cn12. The van der Waals surface area contributed by atoms with Gasteiger partial charge in [0.25, 0.3) is 5.91 Å². The molecule has 1 aliphatic carbocycles. The number of aliphatic hydroxyl groups is 1. The van der Waals surface area contributed by atoms with E-state index < -0.39 is 0 Å². The van der Waals surface area contributed by atoms with E-state index in [1.165, 1.54) is 0 Å². The number of pyridine rings is 1. The third-order valence-electron chi connectivity index (χ3n) is 3.60. The molecule has 1 fully saturated rings. The number of nitrogens with zero attached hydrogens (tertiary/aromatic N) is 3. The Morgan fingerprint density at radius 1 is 1.30 bits per heavy atom. The van der Waals surface area contributed by atoms with Crippen LogP contribution in [0.3, 0.4) is 0 Å². The summed E-state index contributed by atoms with van der Waals surface area (Å²) < 4.78 is 2.52. The highest BCUT2D eigenvalue weighted by Crippen LogP contribution is 2.19. The second-order valence-corrected chi connectivity index (χ2v) is 5.99. The standard InChI is InChI=1S/C13H15BrN4O2/c14-8-1-6-11-16-17-12(18(11)7-8)13(20)15-9-2-4-10(19)5-3-9/h1,6-7,9-10,19H,2-5H2,(H,15,20). The maximum atomic E-state index is 12.3. The van der Waals surface area contributed by atoms with Gasteiger partial charge in [-0.15, -0.1) is 10.2 Å². The van der Waals surface area contributed by atoms with Crippen molar-refractivity contribution in [2.24, 2.45) is 0 Å². The van der Waals surface area contributed by atoms with Crippen molar-refractivity contribution in [3.63, 3.8) is 0 Å². The van der Waals surface area contributed by atoms with Gasteiger partial charge < -0.3 is 10.4 Å². The number of carbonyl (C=O) groups excluding carboxylic acids is 1. The molecule has 0 aromatic carbocycles. The largest absolute Gasteiger partial charge is 0.393 e. The summed E-state index contributed by atoms with van der Waals surface area (Å²) in [5, 5.41) is 20.4. The van der Waals surface area contributed by atoms with E-state index in [1.54, 1.807) is 16.7 Å². The lowest BCUT2D eigenvalue weighted by atomic mass is 9.93. The monoisotopic (exact) mass is 338 g/mol. The Kier molecular flexibility index (Phi) is 3.71. The lowest BCUT2D eigenvalue weighted by Gasteiger charge is -2.25. The molecule has 3 rings (SSSR count). The van der Waals surface area contributed by atoms with Crippen LogP contribution in [0.1, 0.15) is 36.3 Å². The van der Waals surface area contributed by atoms with Crippen LogP contribution in [0.25, 0.3) is 5.65 Å². The van der Waals surface area contributed by atoms with Gasteiger partial charge in [-0.05, 0) is 53.7 Å². The molecule has 1 saturated carbocycles. The minimum atomic E-state index is -0.229. The van der Waals surface area contributed by atoms with E-state index in [2.05, 4.69) is 31.4 Å². The van der Waals surface area contributed by atoms with Crippen LogP contribution in [0.4, 0.5) is 0 Å². The first-order chi connectivity index (χ1) is 9.63. The number of hydrogen-bond donors (Lipinski definition) is 2. The molecular formula is C13H15BrN4O2. The molecule has 1 amide bonds. The Hall–Kier alpha value is -1.47. The lowest BCUT2D eigenvalue weighted by molar-refractivity contribution is 0.0857. The second-order valence-electron chi connectivity index (χ2n) is 5.08. The zero-order valence-electron chi connectivity index (χ0n) is 10.8. The highest BCUT2D eigenvalue weighted by atomic mass is 79.9. The summed E-state index contributed by atoms with van der Waals surface area (Å²) in [5.74, 6) is 0.0596. The van der Waals surface area contributed by atoms with Crippen LogP contribution in [0.5, 0.6) is 0 Å². The zero-order valence-corrected chi connectivity index (χ0v) is 12.4. The van der Waals surface area contributed by atoms with Gasteiger partial charge in [0.05, 0.1) is 6.10 Å². The quantitative estimate of drug-likeness (QED) is 0.870. The predicted octanol–water partition coefficient (Wildman–Crippen LogP) is 1.53. The Bertz CT molecular complexity index is 634. The number of rotatable bonds is 2.